The molecule has 2 aromatic rings. The van der Waals surface area contributed by atoms with Crippen molar-refractivity contribution in [2.45, 2.75) is 40.3 Å². The number of nitrogens with zero attached hydrogens (tertiary/aromatic N) is 3. The van der Waals surface area contributed by atoms with E-state index in [1.54, 1.807) is 0 Å². The molecule has 2 rings (SSSR count). The molecule has 1 aromatic heterocycles. The highest BCUT2D eigenvalue weighted by molar-refractivity contribution is 5.32. The first-order chi connectivity index (χ1) is 8.47. The topological polar surface area (TPSA) is 56.7 Å². The monoisotopic (exact) mass is 244 g/mol. The molecule has 0 radical (unpaired) electrons. The molecule has 1 unspecified atom stereocenters. The van der Waals surface area contributed by atoms with Crippen LogP contribution < -0.4 is 5.73 Å². The van der Waals surface area contributed by atoms with E-state index in [4.69, 9.17) is 5.73 Å². The fourth-order valence-corrected chi connectivity index (χ4v) is 2.18. The third-order valence-corrected chi connectivity index (χ3v) is 3.17. The number of benzene rings is 1. The average molecular weight is 244 g/mol. The second kappa shape index (κ2) is 4.90. The van der Waals surface area contributed by atoms with Crippen LogP contribution in [0.1, 0.15) is 34.4 Å². The van der Waals surface area contributed by atoms with Gasteiger partial charge in [-0.25, -0.2) is 9.67 Å². The van der Waals surface area contributed by atoms with Gasteiger partial charge in [-0.05, 0) is 38.8 Å². The van der Waals surface area contributed by atoms with E-state index in [1.165, 1.54) is 16.7 Å². The van der Waals surface area contributed by atoms with E-state index in [-0.39, 0.29) is 6.04 Å². The SMILES string of the molecule is Cc1ccc(C)c(C(N)Cn2nc(C)nc2C)c1. The molecule has 0 fully saturated rings. The molecular weight excluding hydrogens is 224 g/mol. The molecule has 1 atom stereocenters. The van der Waals surface area contributed by atoms with Crippen LogP contribution in [-0.4, -0.2) is 14.8 Å². The minimum absolute atomic E-state index is 0.0512. The lowest BCUT2D eigenvalue weighted by Gasteiger charge is -2.16. The summed E-state index contributed by atoms with van der Waals surface area (Å²) in [5, 5.41) is 4.35. The summed E-state index contributed by atoms with van der Waals surface area (Å²) in [5.41, 5.74) is 9.93. The zero-order chi connectivity index (χ0) is 13.3. The Morgan fingerprint density at radius 3 is 2.56 bits per heavy atom. The van der Waals surface area contributed by atoms with Crippen LogP contribution in [-0.2, 0) is 6.54 Å². The molecule has 0 saturated carbocycles. The Morgan fingerprint density at radius 2 is 1.94 bits per heavy atom. The van der Waals surface area contributed by atoms with Crippen LogP contribution in [0.25, 0.3) is 0 Å². The van der Waals surface area contributed by atoms with E-state index in [9.17, 15) is 0 Å². The van der Waals surface area contributed by atoms with Gasteiger partial charge in [0.25, 0.3) is 0 Å². The van der Waals surface area contributed by atoms with Crippen LogP contribution in [0.2, 0.25) is 0 Å². The van der Waals surface area contributed by atoms with Crippen molar-refractivity contribution in [2.24, 2.45) is 5.73 Å². The largest absolute Gasteiger partial charge is 0.322 e. The van der Waals surface area contributed by atoms with Gasteiger partial charge in [-0.3, -0.25) is 0 Å². The van der Waals surface area contributed by atoms with E-state index in [0.29, 0.717) is 6.54 Å². The molecule has 0 spiro atoms. The number of aryl methyl sites for hydroxylation is 4. The van der Waals surface area contributed by atoms with Crippen LogP contribution in [0, 0.1) is 27.7 Å². The summed E-state index contributed by atoms with van der Waals surface area (Å²) < 4.78 is 1.88. The fourth-order valence-electron chi connectivity index (χ4n) is 2.18. The van der Waals surface area contributed by atoms with E-state index in [1.807, 2.05) is 18.5 Å². The molecule has 4 heteroatoms. The Balaban J connectivity index is 2.24. The molecule has 0 aliphatic carbocycles. The predicted octanol–water partition coefficient (Wildman–Crippen LogP) is 2.21. The van der Waals surface area contributed by atoms with Gasteiger partial charge in [0.2, 0.25) is 0 Å². The highest BCUT2D eigenvalue weighted by Crippen LogP contribution is 2.19. The number of hydrogen-bond acceptors (Lipinski definition) is 3. The standard InChI is InChI=1S/C14H20N4/c1-9-5-6-10(2)13(7-9)14(15)8-18-12(4)16-11(3)17-18/h5-7,14H,8,15H2,1-4H3. The molecule has 1 aromatic carbocycles. The van der Waals surface area contributed by atoms with E-state index in [0.717, 1.165) is 11.6 Å². The minimum Gasteiger partial charge on any atom is -0.322 e. The summed E-state index contributed by atoms with van der Waals surface area (Å²) in [6.07, 6.45) is 0. The fraction of sp³-hybridized carbons (Fsp3) is 0.429. The van der Waals surface area contributed by atoms with Crippen molar-refractivity contribution in [3.8, 4) is 0 Å². The molecule has 4 nitrogen and oxygen atoms in total. The summed E-state index contributed by atoms with van der Waals surface area (Å²) in [6, 6.07) is 6.32. The molecule has 96 valence electrons. The Bertz CT molecular complexity index is 557. The lowest BCUT2D eigenvalue weighted by atomic mass is 9.99. The summed E-state index contributed by atoms with van der Waals surface area (Å²) in [7, 11) is 0. The molecule has 0 bridgehead atoms. The van der Waals surface area contributed by atoms with Gasteiger partial charge >= 0.3 is 0 Å². The van der Waals surface area contributed by atoms with Gasteiger partial charge in [-0.15, -0.1) is 0 Å². The third kappa shape index (κ3) is 2.59. The second-order valence-electron chi connectivity index (χ2n) is 4.85. The number of nitrogens with two attached hydrogens (primary N) is 1. The summed E-state index contributed by atoms with van der Waals surface area (Å²) in [6.45, 7) is 8.69. The van der Waals surface area contributed by atoms with Crippen molar-refractivity contribution < 1.29 is 0 Å². The van der Waals surface area contributed by atoms with Crippen molar-refractivity contribution >= 4 is 0 Å². The zero-order valence-corrected chi connectivity index (χ0v) is 11.4. The molecular formula is C14H20N4. The third-order valence-electron chi connectivity index (χ3n) is 3.17. The maximum absolute atomic E-state index is 6.29. The minimum atomic E-state index is -0.0512. The highest BCUT2D eigenvalue weighted by atomic mass is 15.3. The number of aromatic nitrogens is 3. The first-order valence-electron chi connectivity index (χ1n) is 6.18. The Kier molecular flexibility index (Phi) is 3.48. The quantitative estimate of drug-likeness (QED) is 0.900. The van der Waals surface area contributed by atoms with Crippen LogP contribution in [0.4, 0.5) is 0 Å². The summed E-state index contributed by atoms with van der Waals surface area (Å²) >= 11 is 0. The zero-order valence-electron chi connectivity index (χ0n) is 11.4. The molecule has 18 heavy (non-hydrogen) atoms. The number of hydrogen-bond donors (Lipinski definition) is 1. The van der Waals surface area contributed by atoms with Crippen molar-refractivity contribution in [1.29, 1.82) is 0 Å². The highest BCUT2D eigenvalue weighted by Gasteiger charge is 2.12. The maximum Gasteiger partial charge on any atom is 0.147 e. The van der Waals surface area contributed by atoms with Crippen LogP contribution in [0.3, 0.4) is 0 Å². The first-order valence-corrected chi connectivity index (χ1v) is 6.18. The molecule has 0 aliphatic rings. The van der Waals surface area contributed by atoms with Gasteiger partial charge in [-0.2, -0.15) is 5.10 Å². The molecule has 0 aliphatic heterocycles. The van der Waals surface area contributed by atoms with Gasteiger partial charge in [0.05, 0.1) is 6.54 Å². The Morgan fingerprint density at radius 1 is 1.22 bits per heavy atom. The smallest absolute Gasteiger partial charge is 0.147 e. The summed E-state index contributed by atoms with van der Waals surface area (Å²) in [4.78, 5) is 4.29. The van der Waals surface area contributed by atoms with Crippen molar-refractivity contribution in [1.82, 2.24) is 14.8 Å². The normalized spacial score (nSPS) is 12.7. The van der Waals surface area contributed by atoms with Crippen LogP contribution >= 0.6 is 0 Å². The lowest BCUT2D eigenvalue weighted by molar-refractivity contribution is 0.511. The lowest BCUT2D eigenvalue weighted by Crippen LogP contribution is -2.20. The van der Waals surface area contributed by atoms with Gasteiger partial charge in [-0.1, -0.05) is 23.8 Å². The van der Waals surface area contributed by atoms with Gasteiger partial charge in [0, 0.05) is 6.04 Å². The van der Waals surface area contributed by atoms with Gasteiger partial charge < -0.3 is 5.73 Å². The van der Waals surface area contributed by atoms with Crippen LogP contribution in [0.5, 0.6) is 0 Å². The van der Waals surface area contributed by atoms with Gasteiger partial charge in [0.15, 0.2) is 0 Å². The maximum atomic E-state index is 6.29. The Hall–Kier alpha value is -1.68. The van der Waals surface area contributed by atoms with Crippen molar-refractivity contribution in [3.05, 3.63) is 46.5 Å². The number of rotatable bonds is 3. The second-order valence-corrected chi connectivity index (χ2v) is 4.85. The van der Waals surface area contributed by atoms with Crippen molar-refractivity contribution in [3.63, 3.8) is 0 Å². The van der Waals surface area contributed by atoms with Crippen LogP contribution in [0.15, 0.2) is 18.2 Å². The predicted molar refractivity (Wildman–Crippen MR) is 72.3 cm³/mol. The molecule has 0 amide bonds. The van der Waals surface area contributed by atoms with E-state index in [2.05, 4.69) is 42.1 Å². The van der Waals surface area contributed by atoms with E-state index >= 15 is 0 Å². The average Bonchev–Trinajstić information content (AvgIpc) is 2.61. The Labute approximate surface area is 108 Å². The summed E-state index contributed by atoms with van der Waals surface area (Å²) in [5.74, 6) is 1.70. The molecule has 2 N–H and O–H groups in total. The van der Waals surface area contributed by atoms with E-state index < -0.39 is 0 Å². The molecule has 1 heterocycles. The van der Waals surface area contributed by atoms with Crippen molar-refractivity contribution in [2.75, 3.05) is 0 Å². The van der Waals surface area contributed by atoms with Gasteiger partial charge in [0.1, 0.15) is 11.6 Å². The first kappa shape index (κ1) is 12.8. The molecule has 0 saturated heterocycles.